The van der Waals surface area contributed by atoms with E-state index >= 15 is 0 Å². The number of hydrogen-bond acceptors (Lipinski definition) is 3. The highest BCUT2D eigenvalue weighted by molar-refractivity contribution is 6.30. The molecule has 3 aromatic carbocycles. The number of aryl methyl sites for hydroxylation is 1. The van der Waals surface area contributed by atoms with Crippen LogP contribution in [0.25, 0.3) is 17.1 Å². The van der Waals surface area contributed by atoms with Gasteiger partial charge in [-0.2, -0.15) is 0 Å². The fourth-order valence-corrected chi connectivity index (χ4v) is 2.99. The van der Waals surface area contributed by atoms with Gasteiger partial charge in [-0.25, -0.2) is 14.1 Å². The molecule has 0 aliphatic carbocycles. The average molecular weight is 407 g/mol. The molecule has 4 rings (SSSR count). The van der Waals surface area contributed by atoms with Gasteiger partial charge in [0.1, 0.15) is 5.82 Å². The molecule has 5 nitrogen and oxygen atoms in total. The summed E-state index contributed by atoms with van der Waals surface area (Å²) in [4.78, 5) is 17.1. The van der Waals surface area contributed by atoms with Gasteiger partial charge in [0.15, 0.2) is 5.82 Å². The van der Waals surface area contributed by atoms with Crippen LogP contribution in [-0.2, 0) is 0 Å². The lowest BCUT2D eigenvalue weighted by atomic mass is 10.2. The zero-order valence-electron chi connectivity index (χ0n) is 15.4. The van der Waals surface area contributed by atoms with Gasteiger partial charge in [0.05, 0.1) is 5.69 Å². The predicted molar refractivity (Wildman–Crippen MR) is 111 cm³/mol. The summed E-state index contributed by atoms with van der Waals surface area (Å²) in [6, 6.07) is 20.3. The lowest BCUT2D eigenvalue weighted by Gasteiger charge is -2.06. The number of carbonyl (C=O) groups is 1. The fourth-order valence-electron chi connectivity index (χ4n) is 2.87. The molecule has 144 valence electrons. The van der Waals surface area contributed by atoms with Gasteiger partial charge < -0.3 is 5.32 Å². The second-order valence-corrected chi connectivity index (χ2v) is 6.91. The number of hydrogen-bond donors (Lipinski definition) is 1. The summed E-state index contributed by atoms with van der Waals surface area (Å²) >= 11 is 5.98. The molecular formula is C22H16ClFN4O. The molecule has 1 N–H and O–H groups in total. The van der Waals surface area contributed by atoms with Crippen molar-refractivity contribution in [2.24, 2.45) is 0 Å². The summed E-state index contributed by atoms with van der Waals surface area (Å²) in [6.07, 6.45) is 0. The Morgan fingerprint density at radius 2 is 1.76 bits per heavy atom. The number of halogens is 2. The maximum Gasteiger partial charge on any atom is 0.295 e. The second-order valence-electron chi connectivity index (χ2n) is 6.48. The lowest BCUT2D eigenvalue weighted by molar-refractivity contribution is 0.101. The molecule has 0 saturated carbocycles. The smallest absolute Gasteiger partial charge is 0.295 e. The van der Waals surface area contributed by atoms with Crippen LogP contribution in [0.5, 0.6) is 0 Å². The van der Waals surface area contributed by atoms with E-state index < -0.39 is 5.91 Å². The van der Waals surface area contributed by atoms with E-state index in [1.807, 2.05) is 25.1 Å². The number of aromatic nitrogens is 3. The SMILES string of the molecule is Cc1cccc(NC(=O)c2nc(-c3ccc(F)cc3)n(-c3ccc(Cl)cc3)n2)c1. The monoisotopic (exact) mass is 406 g/mol. The first-order valence-electron chi connectivity index (χ1n) is 8.86. The van der Waals surface area contributed by atoms with Crippen LogP contribution in [0, 0.1) is 12.7 Å². The topological polar surface area (TPSA) is 59.8 Å². The zero-order chi connectivity index (χ0) is 20.4. The van der Waals surface area contributed by atoms with Crippen molar-refractivity contribution in [3.63, 3.8) is 0 Å². The van der Waals surface area contributed by atoms with Crippen LogP contribution in [0.1, 0.15) is 16.2 Å². The number of rotatable bonds is 4. The number of nitrogens with one attached hydrogen (secondary N) is 1. The number of nitrogens with zero attached hydrogens (tertiary/aromatic N) is 3. The van der Waals surface area contributed by atoms with Crippen LogP contribution in [0.15, 0.2) is 72.8 Å². The summed E-state index contributed by atoms with van der Waals surface area (Å²) < 4.78 is 14.9. The molecule has 29 heavy (non-hydrogen) atoms. The van der Waals surface area contributed by atoms with E-state index in [-0.39, 0.29) is 11.6 Å². The highest BCUT2D eigenvalue weighted by Gasteiger charge is 2.19. The third-order valence-corrected chi connectivity index (χ3v) is 4.51. The molecule has 0 saturated heterocycles. The molecule has 1 amide bonds. The molecule has 0 aliphatic heterocycles. The minimum atomic E-state index is -0.438. The summed E-state index contributed by atoms with van der Waals surface area (Å²) in [5.74, 6) is -0.377. The molecule has 1 heterocycles. The first-order chi connectivity index (χ1) is 14.0. The number of carbonyl (C=O) groups excluding carboxylic acids is 1. The first kappa shape index (κ1) is 18.8. The molecule has 0 aliphatic rings. The quantitative estimate of drug-likeness (QED) is 0.501. The molecule has 1 aromatic heterocycles. The normalized spacial score (nSPS) is 10.7. The molecule has 0 spiro atoms. The van der Waals surface area contributed by atoms with E-state index in [0.29, 0.717) is 27.8 Å². The largest absolute Gasteiger partial charge is 0.319 e. The summed E-state index contributed by atoms with van der Waals surface area (Å²) in [5.41, 5.74) is 2.98. The second kappa shape index (κ2) is 7.85. The Morgan fingerprint density at radius 3 is 2.45 bits per heavy atom. The van der Waals surface area contributed by atoms with Crippen LogP contribution in [0.4, 0.5) is 10.1 Å². The Kier molecular flexibility index (Phi) is 5.10. The van der Waals surface area contributed by atoms with Crippen LogP contribution >= 0.6 is 11.6 Å². The molecule has 0 radical (unpaired) electrons. The predicted octanol–water partition coefficient (Wildman–Crippen LogP) is 5.29. The first-order valence-corrected chi connectivity index (χ1v) is 9.24. The van der Waals surface area contributed by atoms with Crippen molar-refractivity contribution in [3.8, 4) is 17.1 Å². The zero-order valence-corrected chi connectivity index (χ0v) is 16.2. The highest BCUT2D eigenvalue weighted by Crippen LogP contribution is 2.23. The average Bonchev–Trinajstić information content (AvgIpc) is 3.15. The van der Waals surface area contributed by atoms with Crippen molar-refractivity contribution in [2.45, 2.75) is 6.92 Å². The lowest BCUT2D eigenvalue weighted by Crippen LogP contribution is -2.14. The van der Waals surface area contributed by atoms with Crippen molar-refractivity contribution in [2.75, 3.05) is 5.32 Å². The van der Waals surface area contributed by atoms with Gasteiger partial charge >= 0.3 is 0 Å². The summed E-state index contributed by atoms with van der Waals surface area (Å²) in [7, 11) is 0. The molecule has 0 bridgehead atoms. The maximum atomic E-state index is 13.4. The Balaban J connectivity index is 1.75. The van der Waals surface area contributed by atoms with Crippen LogP contribution < -0.4 is 5.32 Å². The Hall–Kier alpha value is -3.51. The van der Waals surface area contributed by atoms with Crippen LogP contribution in [-0.4, -0.2) is 20.7 Å². The minimum absolute atomic E-state index is 0.000723. The van der Waals surface area contributed by atoms with Gasteiger partial charge in [-0.3, -0.25) is 4.79 Å². The molecule has 0 unspecified atom stereocenters. The van der Waals surface area contributed by atoms with E-state index in [2.05, 4.69) is 15.4 Å². The maximum absolute atomic E-state index is 13.4. The summed E-state index contributed by atoms with van der Waals surface area (Å²) in [6.45, 7) is 1.94. The third kappa shape index (κ3) is 4.17. The molecular weight excluding hydrogens is 391 g/mol. The van der Waals surface area contributed by atoms with E-state index in [1.165, 1.54) is 16.8 Å². The van der Waals surface area contributed by atoms with Crippen LogP contribution in [0.2, 0.25) is 5.02 Å². The Labute approximate surface area is 171 Å². The summed E-state index contributed by atoms with van der Waals surface area (Å²) in [5, 5.41) is 7.76. The minimum Gasteiger partial charge on any atom is -0.319 e. The molecule has 0 atom stereocenters. The Morgan fingerprint density at radius 1 is 1.03 bits per heavy atom. The number of anilines is 1. The van der Waals surface area contributed by atoms with Gasteiger partial charge in [0.2, 0.25) is 5.82 Å². The highest BCUT2D eigenvalue weighted by atomic mass is 35.5. The molecule has 7 heteroatoms. The van der Waals surface area contributed by atoms with Crippen LogP contribution in [0.3, 0.4) is 0 Å². The standard InChI is InChI=1S/C22H16ClFN4O/c1-14-3-2-4-18(13-14)25-22(29)20-26-21(15-5-9-17(24)10-6-15)28(27-20)19-11-7-16(23)8-12-19/h2-13H,1H3,(H,25,29). The van der Waals surface area contributed by atoms with E-state index in [0.717, 1.165) is 5.56 Å². The van der Waals surface area contributed by atoms with E-state index in [9.17, 15) is 9.18 Å². The molecule has 0 fully saturated rings. The van der Waals surface area contributed by atoms with Gasteiger partial charge in [-0.15, -0.1) is 5.10 Å². The van der Waals surface area contributed by atoms with Crippen molar-refractivity contribution in [1.82, 2.24) is 14.8 Å². The van der Waals surface area contributed by atoms with Gasteiger partial charge in [-0.05, 0) is 73.2 Å². The van der Waals surface area contributed by atoms with Gasteiger partial charge in [0, 0.05) is 16.3 Å². The molecule has 4 aromatic rings. The van der Waals surface area contributed by atoms with Crippen molar-refractivity contribution in [1.29, 1.82) is 0 Å². The third-order valence-electron chi connectivity index (χ3n) is 4.26. The van der Waals surface area contributed by atoms with Crippen molar-refractivity contribution >= 4 is 23.2 Å². The van der Waals surface area contributed by atoms with Crippen molar-refractivity contribution in [3.05, 3.63) is 95.0 Å². The van der Waals surface area contributed by atoms with E-state index in [1.54, 1.807) is 42.5 Å². The Bertz CT molecular complexity index is 1110. The number of benzene rings is 3. The number of amides is 1. The van der Waals surface area contributed by atoms with E-state index in [4.69, 9.17) is 11.6 Å². The fraction of sp³-hybridized carbons (Fsp3) is 0.0455. The van der Waals surface area contributed by atoms with Gasteiger partial charge in [-0.1, -0.05) is 23.7 Å². The van der Waals surface area contributed by atoms with Crippen molar-refractivity contribution < 1.29 is 9.18 Å². The van der Waals surface area contributed by atoms with Gasteiger partial charge in [0.25, 0.3) is 5.91 Å².